The van der Waals surface area contributed by atoms with E-state index in [4.69, 9.17) is 4.74 Å². The minimum absolute atomic E-state index is 0.504. The van der Waals surface area contributed by atoms with E-state index < -0.39 is 0 Å². The van der Waals surface area contributed by atoms with Crippen molar-refractivity contribution >= 4 is 23.4 Å². The van der Waals surface area contributed by atoms with Crippen molar-refractivity contribution in [3.63, 3.8) is 0 Å². The molecule has 1 heterocycles. The van der Waals surface area contributed by atoms with Gasteiger partial charge in [-0.25, -0.2) is 0 Å². The quantitative estimate of drug-likeness (QED) is 0.531. The molecule has 0 unspecified atom stereocenters. The fourth-order valence-electron chi connectivity index (χ4n) is 3.76. The number of hydrogen-bond acceptors (Lipinski definition) is 4. The van der Waals surface area contributed by atoms with Gasteiger partial charge >= 0.3 is 0 Å². The molecule has 0 aliphatic carbocycles. The molecule has 25 heavy (non-hydrogen) atoms. The molecule has 3 nitrogen and oxygen atoms in total. The van der Waals surface area contributed by atoms with Crippen LogP contribution in [0.15, 0.2) is 42.5 Å². The van der Waals surface area contributed by atoms with Gasteiger partial charge in [-0.15, -0.1) is 0 Å². The van der Waals surface area contributed by atoms with Crippen molar-refractivity contribution in [2.75, 3.05) is 39.9 Å². The maximum absolute atomic E-state index is 5.25. The van der Waals surface area contributed by atoms with Gasteiger partial charge in [0, 0.05) is 51.2 Å². The molecule has 136 valence electrons. The number of fused-ring (bicyclic) bond motifs is 1. The largest absolute Gasteiger partial charge is 0.385 e. The molecule has 1 N–H and O–H groups in total. The molecule has 0 saturated carbocycles. The third-order valence-corrected chi connectivity index (χ3v) is 5.47. The molecule has 1 aliphatic heterocycles. The van der Waals surface area contributed by atoms with Crippen LogP contribution in [0.25, 0.3) is 10.8 Å². The summed E-state index contributed by atoms with van der Waals surface area (Å²) in [6.45, 7) is 5.15. The monoisotopic (exact) mass is 358 g/mol. The number of benzene rings is 2. The van der Waals surface area contributed by atoms with Crippen LogP contribution in [0.1, 0.15) is 18.4 Å². The highest BCUT2D eigenvalue weighted by molar-refractivity contribution is 7.81. The second kappa shape index (κ2) is 9.58. The highest BCUT2D eigenvalue weighted by atomic mass is 32.1. The van der Waals surface area contributed by atoms with Crippen molar-refractivity contribution in [3.05, 3.63) is 48.0 Å². The first-order valence-corrected chi connectivity index (χ1v) is 9.87. The fraction of sp³-hybridized carbons (Fsp3) is 0.524. The van der Waals surface area contributed by atoms with Crippen molar-refractivity contribution in [2.45, 2.75) is 30.6 Å². The van der Waals surface area contributed by atoms with E-state index >= 15 is 0 Å². The summed E-state index contributed by atoms with van der Waals surface area (Å²) in [5.74, 6) is 0. The van der Waals surface area contributed by atoms with E-state index in [1.165, 1.54) is 16.3 Å². The van der Waals surface area contributed by atoms with Crippen LogP contribution in [0.4, 0.5) is 0 Å². The van der Waals surface area contributed by atoms with Gasteiger partial charge in [0.25, 0.3) is 0 Å². The molecule has 1 fully saturated rings. The van der Waals surface area contributed by atoms with E-state index in [0.717, 1.165) is 52.0 Å². The number of nitrogens with zero attached hydrogens (tertiary/aromatic N) is 1. The average Bonchev–Trinajstić information content (AvgIpc) is 3.04. The third-order valence-electron chi connectivity index (χ3n) is 5.08. The summed E-state index contributed by atoms with van der Waals surface area (Å²) < 4.78 is 5.25. The topological polar surface area (TPSA) is 24.5 Å². The van der Waals surface area contributed by atoms with Gasteiger partial charge in [-0.2, -0.15) is 12.6 Å². The molecule has 1 saturated heterocycles. The number of hydrogen-bond donors (Lipinski definition) is 2. The van der Waals surface area contributed by atoms with Gasteiger partial charge in [0.05, 0.1) is 0 Å². The molecule has 4 heteroatoms. The summed E-state index contributed by atoms with van der Waals surface area (Å²) in [4.78, 5) is 2.59. The first kappa shape index (κ1) is 18.7. The molecule has 2 aromatic carbocycles. The third kappa shape index (κ3) is 5.45. The number of rotatable bonds is 9. The van der Waals surface area contributed by atoms with E-state index in [9.17, 15) is 0 Å². The van der Waals surface area contributed by atoms with Gasteiger partial charge in [0.1, 0.15) is 0 Å². The van der Waals surface area contributed by atoms with Crippen LogP contribution in [0.5, 0.6) is 0 Å². The lowest BCUT2D eigenvalue weighted by atomic mass is 10.0. The predicted octanol–water partition coefficient (Wildman–Crippen LogP) is 3.38. The normalized spacial score (nSPS) is 20.6. The van der Waals surface area contributed by atoms with Crippen molar-refractivity contribution in [1.29, 1.82) is 0 Å². The number of nitrogens with one attached hydrogen (secondary N) is 1. The lowest BCUT2D eigenvalue weighted by molar-refractivity contribution is 0.168. The smallest absolute Gasteiger partial charge is 0.0474 e. The van der Waals surface area contributed by atoms with Crippen molar-refractivity contribution in [1.82, 2.24) is 10.2 Å². The minimum Gasteiger partial charge on any atom is -0.385 e. The summed E-state index contributed by atoms with van der Waals surface area (Å²) in [5.41, 5.74) is 1.45. The maximum Gasteiger partial charge on any atom is 0.0474 e. The van der Waals surface area contributed by atoms with Gasteiger partial charge in [0.2, 0.25) is 0 Å². The maximum atomic E-state index is 5.25. The van der Waals surface area contributed by atoms with E-state index in [1.54, 1.807) is 7.11 Å². The summed E-state index contributed by atoms with van der Waals surface area (Å²) in [7, 11) is 1.78. The van der Waals surface area contributed by atoms with Crippen LogP contribution in [0.3, 0.4) is 0 Å². The van der Waals surface area contributed by atoms with E-state index in [0.29, 0.717) is 11.3 Å². The van der Waals surface area contributed by atoms with Gasteiger partial charge < -0.3 is 15.0 Å². The van der Waals surface area contributed by atoms with E-state index in [-0.39, 0.29) is 0 Å². The Bertz CT molecular complexity index is 658. The Kier molecular flexibility index (Phi) is 7.17. The lowest BCUT2D eigenvalue weighted by Crippen LogP contribution is -2.39. The number of thiol groups is 1. The molecular weight excluding hydrogens is 328 g/mol. The van der Waals surface area contributed by atoms with Gasteiger partial charge in [-0.3, -0.25) is 0 Å². The van der Waals surface area contributed by atoms with Crippen molar-refractivity contribution < 1.29 is 4.74 Å². The highest BCUT2D eigenvalue weighted by Gasteiger charge is 2.23. The van der Waals surface area contributed by atoms with Crippen molar-refractivity contribution in [3.8, 4) is 0 Å². The SMILES string of the molecule is COCCCN(CCc1cccc2ccccc12)C[C@@H]1C[C@H](S)CN1. The second-order valence-electron chi connectivity index (χ2n) is 7.03. The minimum atomic E-state index is 0.504. The summed E-state index contributed by atoms with van der Waals surface area (Å²) in [6.07, 6.45) is 3.34. The molecule has 2 aromatic rings. The lowest BCUT2D eigenvalue weighted by Gasteiger charge is -2.26. The van der Waals surface area contributed by atoms with E-state index in [2.05, 4.69) is 65.3 Å². The molecular formula is C21H30N2OS. The molecule has 0 aromatic heterocycles. The Morgan fingerprint density at radius 2 is 2.00 bits per heavy atom. The van der Waals surface area contributed by atoms with E-state index in [1.807, 2.05) is 0 Å². The average molecular weight is 359 g/mol. The van der Waals surface area contributed by atoms with Crippen LogP contribution in [0, 0.1) is 0 Å². The molecule has 0 spiro atoms. The van der Waals surface area contributed by atoms with Crippen LogP contribution < -0.4 is 5.32 Å². The Hall–Kier alpha value is -1.07. The fourth-order valence-corrected chi connectivity index (χ4v) is 4.12. The van der Waals surface area contributed by atoms with Crippen molar-refractivity contribution in [2.24, 2.45) is 0 Å². The molecule has 2 atom stereocenters. The number of methoxy groups -OCH3 is 1. The molecule has 3 rings (SSSR count). The van der Waals surface area contributed by atoms with Crippen LogP contribution in [0.2, 0.25) is 0 Å². The van der Waals surface area contributed by atoms with Gasteiger partial charge in [-0.05, 0) is 35.6 Å². The standard InChI is InChI=1S/C21H30N2OS/c1-24-13-5-11-23(16-19-14-20(25)15-22-19)12-10-18-8-4-7-17-6-2-3-9-21(17)18/h2-4,6-9,19-20,22,25H,5,10-16H2,1H3/t19-,20-/m0/s1. The zero-order valence-corrected chi connectivity index (χ0v) is 16.1. The van der Waals surface area contributed by atoms with Crippen LogP contribution >= 0.6 is 12.6 Å². The highest BCUT2D eigenvalue weighted by Crippen LogP contribution is 2.20. The van der Waals surface area contributed by atoms with Crippen LogP contribution in [-0.4, -0.2) is 56.1 Å². The molecule has 1 aliphatic rings. The summed E-state index contributed by atoms with van der Waals surface area (Å²) in [6, 6.07) is 15.9. The Labute approximate surface area is 157 Å². The zero-order valence-electron chi connectivity index (χ0n) is 15.2. The first-order valence-electron chi connectivity index (χ1n) is 9.35. The molecule has 0 radical (unpaired) electrons. The van der Waals surface area contributed by atoms with Crippen LogP contribution in [-0.2, 0) is 11.2 Å². The second-order valence-corrected chi connectivity index (χ2v) is 7.76. The Morgan fingerprint density at radius 1 is 1.16 bits per heavy atom. The van der Waals surface area contributed by atoms with Gasteiger partial charge in [0.15, 0.2) is 0 Å². The van der Waals surface area contributed by atoms with Gasteiger partial charge in [-0.1, -0.05) is 42.5 Å². The zero-order chi connectivity index (χ0) is 17.5. The summed E-state index contributed by atoms with van der Waals surface area (Å²) >= 11 is 4.61. The molecule has 0 amide bonds. The Balaban J connectivity index is 1.62. The first-order chi connectivity index (χ1) is 12.3. The predicted molar refractivity (Wildman–Crippen MR) is 110 cm³/mol. The molecule has 0 bridgehead atoms. The summed E-state index contributed by atoms with van der Waals surface area (Å²) in [5, 5.41) is 6.83. The Morgan fingerprint density at radius 3 is 2.80 bits per heavy atom. The number of ether oxygens (including phenoxy) is 1.